The maximum Gasteiger partial charge on any atom is 0.140 e. The summed E-state index contributed by atoms with van der Waals surface area (Å²) in [6.45, 7) is 1.70. The van der Waals surface area contributed by atoms with E-state index < -0.39 is 0 Å². The van der Waals surface area contributed by atoms with Crippen molar-refractivity contribution in [3.8, 4) is 0 Å². The molecule has 14 heavy (non-hydrogen) atoms. The average Bonchev–Trinajstić information content (AvgIpc) is 2.23. The fraction of sp³-hybridized carbons (Fsp3) is 0.500. The van der Waals surface area contributed by atoms with E-state index in [1.807, 2.05) is 12.1 Å². The summed E-state index contributed by atoms with van der Waals surface area (Å²) in [4.78, 5) is 4.27. The number of halogens is 1. The highest BCUT2D eigenvalue weighted by atomic mass is 79.9. The molecule has 0 saturated carbocycles. The average molecular weight is 257 g/mol. The number of pyridine rings is 1. The van der Waals surface area contributed by atoms with Gasteiger partial charge >= 0.3 is 0 Å². The van der Waals surface area contributed by atoms with Crippen LogP contribution in [0.15, 0.2) is 22.8 Å². The molecule has 0 atom stereocenters. The topological polar surface area (TPSA) is 34.2 Å². The number of anilines is 1. The van der Waals surface area contributed by atoms with Gasteiger partial charge in [-0.05, 0) is 40.9 Å². The zero-order chi connectivity index (χ0) is 9.80. The summed E-state index contributed by atoms with van der Waals surface area (Å²) in [5.74, 6) is 0.930. The lowest BCUT2D eigenvalue weighted by atomic mass is 10.1. The lowest BCUT2D eigenvalue weighted by Crippen LogP contribution is -2.28. The molecule has 4 heteroatoms. The first kappa shape index (κ1) is 9.93. The lowest BCUT2D eigenvalue weighted by molar-refractivity contribution is 0.0904. The Labute approximate surface area is 92.0 Å². The second-order valence-electron chi connectivity index (χ2n) is 3.36. The monoisotopic (exact) mass is 256 g/mol. The van der Waals surface area contributed by atoms with Crippen molar-refractivity contribution in [2.24, 2.45) is 0 Å². The third-order valence-corrected chi connectivity index (χ3v) is 2.96. The smallest absolute Gasteiger partial charge is 0.140 e. The fourth-order valence-corrected chi connectivity index (χ4v) is 1.90. The maximum atomic E-state index is 5.30. The van der Waals surface area contributed by atoms with E-state index in [9.17, 15) is 0 Å². The van der Waals surface area contributed by atoms with Crippen LogP contribution in [0, 0.1) is 0 Å². The molecule has 2 heterocycles. The summed E-state index contributed by atoms with van der Waals surface area (Å²) in [5.41, 5.74) is 0. The Bertz CT molecular complexity index is 300. The van der Waals surface area contributed by atoms with E-state index in [1.54, 1.807) is 6.20 Å². The molecule has 1 saturated heterocycles. The van der Waals surface area contributed by atoms with E-state index in [4.69, 9.17) is 4.74 Å². The van der Waals surface area contributed by atoms with Gasteiger partial charge in [-0.1, -0.05) is 0 Å². The van der Waals surface area contributed by atoms with Crippen LogP contribution < -0.4 is 5.32 Å². The second kappa shape index (κ2) is 4.75. The van der Waals surface area contributed by atoms with Gasteiger partial charge in [0.15, 0.2) is 0 Å². The van der Waals surface area contributed by atoms with E-state index >= 15 is 0 Å². The van der Waals surface area contributed by atoms with Gasteiger partial charge in [0.1, 0.15) is 5.82 Å². The molecule has 1 fully saturated rings. The first-order valence-electron chi connectivity index (χ1n) is 4.81. The van der Waals surface area contributed by atoms with Gasteiger partial charge in [-0.15, -0.1) is 0 Å². The summed E-state index contributed by atoms with van der Waals surface area (Å²) < 4.78 is 6.32. The summed E-state index contributed by atoms with van der Waals surface area (Å²) in [6, 6.07) is 4.41. The van der Waals surface area contributed by atoms with Gasteiger partial charge in [0.05, 0.1) is 4.47 Å². The summed E-state index contributed by atoms with van der Waals surface area (Å²) in [5, 5.41) is 3.41. The highest BCUT2D eigenvalue weighted by Gasteiger charge is 2.14. The third-order valence-electron chi connectivity index (χ3n) is 2.32. The van der Waals surface area contributed by atoms with Crippen molar-refractivity contribution >= 4 is 21.7 Å². The summed E-state index contributed by atoms with van der Waals surface area (Å²) in [6.07, 6.45) is 3.92. The van der Waals surface area contributed by atoms with E-state index in [-0.39, 0.29) is 0 Å². The molecular formula is C10H13BrN2O. The van der Waals surface area contributed by atoms with Crippen LogP contribution in [0.1, 0.15) is 12.8 Å². The lowest BCUT2D eigenvalue weighted by Gasteiger charge is -2.23. The van der Waals surface area contributed by atoms with Crippen LogP contribution in [-0.2, 0) is 4.74 Å². The van der Waals surface area contributed by atoms with Crippen molar-refractivity contribution < 1.29 is 4.74 Å². The minimum atomic E-state index is 0.495. The Balaban J connectivity index is 1.99. The van der Waals surface area contributed by atoms with Crippen molar-refractivity contribution in [1.82, 2.24) is 4.98 Å². The summed E-state index contributed by atoms with van der Waals surface area (Å²) >= 11 is 3.47. The minimum Gasteiger partial charge on any atom is -0.381 e. The van der Waals surface area contributed by atoms with E-state index in [0.717, 1.165) is 36.3 Å². The molecule has 1 aromatic heterocycles. The number of hydrogen-bond donors (Lipinski definition) is 1. The van der Waals surface area contributed by atoms with E-state index in [0.29, 0.717) is 6.04 Å². The Morgan fingerprint density at radius 1 is 1.43 bits per heavy atom. The van der Waals surface area contributed by atoms with E-state index in [2.05, 4.69) is 26.2 Å². The number of nitrogens with zero attached hydrogens (tertiary/aromatic N) is 1. The molecule has 1 aromatic rings. The molecular weight excluding hydrogens is 244 g/mol. The van der Waals surface area contributed by atoms with Crippen LogP contribution in [0.4, 0.5) is 5.82 Å². The number of ether oxygens (including phenoxy) is 1. The first-order valence-corrected chi connectivity index (χ1v) is 5.60. The normalized spacial score (nSPS) is 18.1. The predicted molar refractivity (Wildman–Crippen MR) is 59.4 cm³/mol. The van der Waals surface area contributed by atoms with Crippen LogP contribution >= 0.6 is 15.9 Å². The fourth-order valence-electron chi connectivity index (χ4n) is 1.53. The zero-order valence-corrected chi connectivity index (χ0v) is 9.46. The third kappa shape index (κ3) is 2.45. The molecule has 0 spiro atoms. The first-order chi connectivity index (χ1) is 6.86. The molecule has 0 radical (unpaired) electrons. The van der Waals surface area contributed by atoms with Gasteiger partial charge < -0.3 is 10.1 Å². The van der Waals surface area contributed by atoms with Gasteiger partial charge in [0, 0.05) is 25.5 Å². The zero-order valence-electron chi connectivity index (χ0n) is 7.87. The molecule has 76 valence electrons. The summed E-state index contributed by atoms with van der Waals surface area (Å²) in [7, 11) is 0. The number of nitrogens with one attached hydrogen (secondary N) is 1. The SMILES string of the molecule is Brc1cccnc1NC1CCOCC1. The second-order valence-corrected chi connectivity index (χ2v) is 4.22. The number of aromatic nitrogens is 1. The van der Waals surface area contributed by atoms with Crippen LogP contribution in [0.3, 0.4) is 0 Å². The molecule has 3 nitrogen and oxygen atoms in total. The Morgan fingerprint density at radius 3 is 2.93 bits per heavy atom. The van der Waals surface area contributed by atoms with Gasteiger partial charge in [0.2, 0.25) is 0 Å². The number of hydrogen-bond acceptors (Lipinski definition) is 3. The van der Waals surface area contributed by atoms with Gasteiger partial charge in [-0.3, -0.25) is 0 Å². The Hall–Kier alpha value is -0.610. The van der Waals surface area contributed by atoms with Crippen molar-refractivity contribution in [2.75, 3.05) is 18.5 Å². The van der Waals surface area contributed by atoms with Gasteiger partial charge in [-0.25, -0.2) is 4.98 Å². The van der Waals surface area contributed by atoms with Crippen LogP contribution in [0.2, 0.25) is 0 Å². The molecule has 0 bridgehead atoms. The Morgan fingerprint density at radius 2 is 2.21 bits per heavy atom. The van der Waals surface area contributed by atoms with Crippen LogP contribution in [0.25, 0.3) is 0 Å². The van der Waals surface area contributed by atoms with Crippen LogP contribution in [0.5, 0.6) is 0 Å². The van der Waals surface area contributed by atoms with Crippen molar-refractivity contribution in [3.05, 3.63) is 22.8 Å². The number of rotatable bonds is 2. The van der Waals surface area contributed by atoms with Crippen molar-refractivity contribution in [1.29, 1.82) is 0 Å². The van der Waals surface area contributed by atoms with Crippen molar-refractivity contribution in [2.45, 2.75) is 18.9 Å². The molecule has 1 aliphatic rings. The van der Waals surface area contributed by atoms with Crippen molar-refractivity contribution in [3.63, 3.8) is 0 Å². The molecule has 1 aliphatic heterocycles. The maximum absolute atomic E-state index is 5.30. The molecule has 0 unspecified atom stereocenters. The largest absolute Gasteiger partial charge is 0.381 e. The highest BCUT2D eigenvalue weighted by molar-refractivity contribution is 9.10. The molecule has 1 N–H and O–H groups in total. The molecule has 0 amide bonds. The molecule has 2 rings (SSSR count). The van der Waals surface area contributed by atoms with Crippen LogP contribution in [-0.4, -0.2) is 24.2 Å². The van der Waals surface area contributed by atoms with Gasteiger partial charge in [0.25, 0.3) is 0 Å². The standard InChI is InChI=1S/C10H13BrN2O/c11-9-2-1-5-12-10(9)13-8-3-6-14-7-4-8/h1-2,5,8H,3-4,6-7H2,(H,12,13). The minimum absolute atomic E-state index is 0.495. The van der Waals surface area contributed by atoms with E-state index in [1.165, 1.54) is 0 Å². The highest BCUT2D eigenvalue weighted by Crippen LogP contribution is 2.21. The Kier molecular flexibility index (Phi) is 3.37. The molecule has 0 aliphatic carbocycles. The quantitative estimate of drug-likeness (QED) is 0.883. The van der Waals surface area contributed by atoms with Gasteiger partial charge in [-0.2, -0.15) is 0 Å². The predicted octanol–water partition coefficient (Wildman–Crippen LogP) is 2.44. The molecule has 0 aromatic carbocycles.